The van der Waals surface area contributed by atoms with Crippen LogP contribution in [0, 0.1) is 5.92 Å². The van der Waals surface area contributed by atoms with E-state index in [0.717, 1.165) is 12.8 Å². The first-order chi connectivity index (χ1) is 9.20. The molecule has 2 N–H and O–H groups in total. The van der Waals surface area contributed by atoms with Gasteiger partial charge in [0.1, 0.15) is 0 Å². The monoisotopic (exact) mass is 275 g/mol. The molecule has 2 rings (SSSR count). The number of aliphatic hydroxyl groups is 1. The maximum Gasteiger partial charge on any atom is 0.251 e. The number of carbonyl (C=O) groups excluding carboxylic acids is 1. The fourth-order valence-electron chi connectivity index (χ4n) is 2.33. The number of nitrogens with one attached hydrogen (secondary N) is 1. The van der Waals surface area contributed by atoms with Gasteiger partial charge < -0.3 is 10.4 Å². The zero-order valence-electron chi connectivity index (χ0n) is 12.9. The molecular weight excluding hydrogens is 250 g/mol. The van der Waals surface area contributed by atoms with E-state index in [4.69, 9.17) is 0 Å². The predicted octanol–water partition coefficient (Wildman–Crippen LogP) is 2.87. The second-order valence-corrected chi connectivity index (χ2v) is 7.14. The molecule has 1 amide bonds. The van der Waals surface area contributed by atoms with E-state index in [-0.39, 0.29) is 11.3 Å². The van der Waals surface area contributed by atoms with Gasteiger partial charge in [-0.3, -0.25) is 4.79 Å². The summed E-state index contributed by atoms with van der Waals surface area (Å²) >= 11 is 0. The molecule has 1 unspecified atom stereocenters. The van der Waals surface area contributed by atoms with Gasteiger partial charge in [-0.2, -0.15) is 0 Å². The standard InChI is InChI=1S/C17H25NO2/c1-16(2,3)13-7-5-12(6-8-13)15(19)18-11-17(4,20)14-9-10-14/h5-8,14,20H,9-11H2,1-4H3,(H,18,19). The largest absolute Gasteiger partial charge is 0.388 e. The Morgan fingerprint density at radius 3 is 2.20 bits per heavy atom. The second kappa shape index (κ2) is 5.21. The van der Waals surface area contributed by atoms with Crippen LogP contribution in [0.15, 0.2) is 24.3 Å². The first kappa shape index (κ1) is 15.0. The lowest BCUT2D eigenvalue weighted by atomic mass is 9.86. The molecule has 3 heteroatoms. The SMILES string of the molecule is CC(C)(C)c1ccc(C(=O)NCC(C)(O)C2CC2)cc1. The first-order valence-corrected chi connectivity index (χ1v) is 7.31. The molecule has 1 fully saturated rings. The van der Waals surface area contributed by atoms with Gasteiger partial charge in [-0.1, -0.05) is 32.9 Å². The zero-order valence-corrected chi connectivity index (χ0v) is 12.9. The third-order valence-corrected chi connectivity index (χ3v) is 4.08. The number of hydrogen-bond acceptors (Lipinski definition) is 2. The van der Waals surface area contributed by atoms with Crippen LogP contribution in [-0.2, 0) is 5.41 Å². The highest BCUT2D eigenvalue weighted by Crippen LogP contribution is 2.39. The van der Waals surface area contributed by atoms with Crippen LogP contribution in [0.5, 0.6) is 0 Å². The zero-order chi connectivity index (χ0) is 15.0. The maximum atomic E-state index is 12.1. The maximum absolute atomic E-state index is 12.1. The van der Waals surface area contributed by atoms with Crippen molar-refractivity contribution < 1.29 is 9.90 Å². The summed E-state index contributed by atoms with van der Waals surface area (Å²) < 4.78 is 0. The number of amides is 1. The molecule has 0 radical (unpaired) electrons. The topological polar surface area (TPSA) is 49.3 Å². The molecule has 0 aromatic heterocycles. The molecule has 1 aromatic rings. The van der Waals surface area contributed by atoms with Gasteiger partial charge in [-0.25, -0.2) is 0 Å². The van der Waals surface area contributed by atoms with E-state index in [0.29, 0.717) is 18.0 Å². The molecule has 0 saturated heterocycles. The van der Waals surface area contributed by atoms with E-state index in [9.17, 15) is 9.90 Å². The van der Waals surface area contributed by atoms with Crippen LogP contribution in [0.4, 0.5) is 0 Å². The Morgan fingerprint density at radius 1 is 1.20 bits per heavy atom. The van der Waals surface area contributed by atoms with E-state index >= 15 is 0 Å². The molecule has 1 aliphatic rings. The van der Waals surface area contributed by atoms with Crippen LogP contribution in [-0.4, -0.2) is 23.2 Å². The molecule has 1 aliphatic carbocycles. The molecule has 0 bridgehead atoms. The van der Waals surface area contributed by atoms with Gasteiger partial charge in [0.25, 0.3) is 5.91 Å². The molecule has 110 valence electrons. The Labute approximate surface area is 121 Å². The Kier molecular flexibility index (Phi) is 3.92. The summed E-state index contributed by atoms with van der Waals surface area (Å²) in [4.78, 5) is 12.1. The average molecular weight is 275 g/mol. The smallest absolute Gasteiger partial charge is 0.251 e. The first-order valence-electron chi connectivity index (χ1n) is 7.31. The van der Waals surface area contributed by atoms with Crippen molar-refractivity contribution in [1.82, 2.24) is 5.32 Å². The summed E-state index contributed by atoms with van der Waals surface area (Å²) in [7, 11) is 0. The highest BCUT2D eigenvalue weighted by atomic mass is 16.3. The van der Waals surface area contributed by atoms with Crippen LogP contribution in [0.2, 0.25) is 0 Å². The van der Waals surface area contributed by atoms with Crippen molar-refractivity contribution in [2.45, 2.75) is 51.6 Å². The average Bonchev–Trinajstić information content (AvgIpc) is 3.20. The van der Waals surface area contributed by atoms with Crippen molar-refractivity contribution in [3.8, 4) is 0 Å². The van der Waals surface area contributed by atoms with Gasteiger partial charge >= 0.3 is 0 Å². The fourth-order valence-corrected chi connectivity index (χ4v) is 2.33. The number of hydrogen-bond donors (Lipinski definition) is 2. The lowest BCUT2D eigenvalue weighted by Crippen LogP contribution is -2.42. The van der Waals surface area contributed by atoms with Gasteiger partial charge in [0.2, 0.25) is 0 Å². The summed E-state index contributed by atoms with van der Waals surface area (Å²) in [5.41, 5.74) is 1.16. The lowest BCUT2D eigenvalue weighted by Gasteiger charge is -2.23. The molecule has 1 saturated carbocycles. The number of carbonyl (C=O) groups is 1. The molecule has 20 heavy (non-hydrogen) atoms. The van der Waals surface area contributed by atoms with Crippen molar-refractivity contribution in [3.63, 3.8) is 0 Å². The quantitative estimate of drug-likeness (QED) is 0.887. The van der Waals surface area contributed by atoms with Crippen LogP contribution >= 0.6 is 0 Å². The summed E-state index contributed by atoms with van der Waals surface area (Å²) in [6.07, 6.45) is 2.12. The van der Waals surface area contributed by atoms with E-state index in [2.05, 4.69) is 26.1 Å². The van der Waals surface area contributed by atoms with Crippen molar-refractivity contribution >= 4 is 5.91 Å². The highest BCUT2D eigenvalue weighted by molar-refractivity contribution is 5.94. The highest BCUT2D eigenvalue weighted by Gasteiger charge is 2.39. The molecule has 1 aromatic carbocycles. The lowest BCUT2D eigenvalue weighted by molar-refractivity contribution is 0.0354. The van der Waals surface area contributed by atoms with Crippen LogP contribution in [0.3, 0.4) is 0 Å². The minimum Gasteiger partial charge on any atom is -0.388 e. The Hall–Kier alpha value is -1.35. The summed E-state index contributed by atoms with van der Waals surface area (Å²) in [6, 6.07) is 7.69. The fraction of sp³-hybridized carbons (Fsp3) is 0.588. The third kappa shape index (κ3) is 3.60. The number of benzene rings is 1. The Morgan fingerprint density at radius 2 is 1.75 bits per heavy atom. The van der Waals surface area contributed by atoms with Crippen LogP contribution < -0.4 is 5.32 Å². The second-order valence-electron chi connectivity index (χ2n) is 7.14. The van der Waals surface area contributed by atoms with E-state index in [1.807, 2.05) is 24.3 Å². The minimum absolute atomic E-state index is 0.0879. The molecule has 0 heterocycles. The molecule has 3 nitrogen and oxygen atoms in total. The van der Waals surface area contributed by atoms with E-state index in [1.165, 1.54) is 5.56 Å². The van der Waals surface area contributed by atoms with Gasteiger partial charge in [-0.05, 0) is 48.8 Å². The Balaban J connectivity index is 1.95. The molecule has 0 aliphatic heterocycles. The van der Waals surface area contributed by atoms with Crippen LogP contribution in [0.25, 0.3) is 0 Å². The van der Waals surface area contributed by atoms with E-state index in [1.54, 1.807) is 6.92 Å². The Bertz CT molecular complexity index is 479. The normalized spacial score (nSPS) is 18.4. The van der Waals surface area contributed by atoms with Crippen molar-refractivity contribution in [2.75, 3.05) is 6.54 Å². The van der Waals surface area contributed by atoms with Gasteiger partial charge in [0.05, 0.1) is 5.60 Å². The van der Waals surface area contributed by atoms with Gasteiger partial charge in [0.15, 0.2) is 0 Å². The summed E-state index contributed by atoms with van der Waals surface area (Å²) in [6.45, 7) is 8.56. The third-order valence-electron chi connectivity index (χ3n) is 4.08. The predicted molar refractivity (Wildman–Crippen MR) is 80.8 cm³/mol. The van der Waals surface area contributed by atoms with Crippen LogP contribution in [0.1, 0.15) is 56.5 Å². The van der Waals surface area contributed by atoms with Crippen molar-refractivity contribution in [3.05, 3.63) is 35.4 Å². The van der Waals surface area contributed by atoms with Crippen molar-refractivity contribution in [2.24, 2.45) is 5.92 Å². The molecular formula is C17H25NO2. The summed E-state index contributed by atoms with van der Waals surface area (Å²) in [5.74, 6) is 0.220. The van der Waals surface area contributed by atoms with Gasteiger partial charge in [-0.15, -0.1) is 0 Å². The van der Waals surface area contributed by atoms with Crippen molar-refractivity contribution in [1.29, 1.82) is 0 Å². The minimum atomic E-state index is -0.777. The van der Waals surface area contributed by atoms with Gasteiger partial charge in [0, 0.05) is 12.1 Å². The summed E-state index contributed by atoms with van der Waals surface area (Å²) in [5, 5.41) is 13.0. The molecule has 0 spiro atoms. The number of rotatable bonds is 4. The molecule has 1 atom stereocenters. The van der Waals surface area contributed by atoms with E-state index < -0.39 is 5.60 Å².